The molecule has 6 nitrogen and oxygen atoms in total. The number of rotatable bonds is 45. The molecule has 0 aromatic carbocycles. The van der Waals surface area contributed by atoms with Gasteiger partial charge in [-0.1, -0.05) is 194 Å². The van der Waals surface area contributed by atoms with Gasteiger partial charge in [0, 0.05) is 19.3 Å². The van der Waals surface area contributed by atoms with Crippen molar-refractivity contribution in [2.75, 3.05) is 13.2 Å². The van der Waals surface area contributed by atoms with Gasteiger partial charge in [0.05, 0.1) is 0 Å². The Balaban J connectivity index is 4.47. The van der Waals surface area contributed by atoms with Gasteiger partial charge in [0.25, 0.3) is 0 Å². The number of hydrogen-bond donors (Lipinski definition) is 0. The van der Waals surface area contributed by atoms with Crippen LogP contribution in [-0.2, 0) is 28.6 Å². The summed E-state index contributed by atoms with van der Waals surface area (Å²) in [7, 11) is 0. The first-order valence-electron chi connectivity index (χ1n) is 26.0. The summed E-state index contributed by atoms with van der Waals surface area (Å²) in [5.74, 6) is -0.988. The summed E-state index contributed by atoms with van der Waals surface area (Å²) >= 11 is 0. The van der Waals surface area contributed by atoms with E-state index in [0.29, 0.717) is 19.3 Å². The van der Waals surface area contributed by atoms with E-state index in [1.165, 1.54) is 25.7 Å². The van der Waals surface area contributed by atoms with Crippen molar-refractivity contribution in [1.29, 1.82) is 0 Å². The topological polar surface area (TPSA) is 78.9 Å². The van der Waals surface area contributed by atoms with Crippen LogP contribution in [0.4, 0.5) is 0 Å². The second kappa shape index (κ2) is 52.4. The lowest BCUT2D eigenvalue weighted by molar-refractivity contribution is -0.167. The van der Waals surface area contributed by atoms with Gasteiger partial charge in [-0.15, -0.1) is 0 Å². The van der Waals surface area contributed by atoms with Crippen LogP contribution in [0.1, 0.15) is 213 Å². The van der Waals surface area contributed by atoms with Crippen LogP contribution in [0.15, 0.2) is 122 Å². The Morgan fingerprint density at radius 3 is 0.985 bits per heavy atom. The van der Waals surface area contributed by atoms with E-state index in [1.807, 2.05) is 0 Å². The van der Waals surface area contributed by atoms with Crippen molar-refractivity contribution < 1.29 is 28.6 Å². The number of carbonyl (C=O) groups excluding carboxylic acids is 3. The predicted molar refractivity (Wildman–Crippen MR) is 279 cm³/mol. The average molecular weight is 899 g/mol. The molecule has 0 saturated heterocycles. The lowest BCUT2D eigenvalue weighted by Crippen LogP contribution is -2.30. The smallest absolute Gasteiger partial charge is 0.306 e. The third kappa shape index (κ3) is 50.7. The van der Waals surface area contributed by atoms with Crippen molar-refractivity contribution in [3.8, 4) is 0 Å². The highest BCUT2D eigenvalue weighted by molar-refractivity contribution is 5.71. The van der Waals surface area contributed by atoms with Crippen LogP contribution < -0.4 is 0 Å². The maximum Gasteiger partial charge on any atom is 0.306 e. The van der Waals surface area contributed by atoms with E-state index in [0.717, 1.165) is 141 Å². The number of hydrogen-bond acceptors (Lipinski definition) is 6. The van der Waals surface area contributed by atoms with Gasteiger partial charge in [-0.3, -0.25) is 14.4 Å². The van der Waals surface area contributed by atoms with Gasteiger partial charge in [0.15, 0.2) is 6.10 Å². The highest BCUT2D eigenvalue weighted by Gasteiger charge is 2.19. The number of allylic oxidation sites excluding steroid dienone is 20. The molecule has 0 aliphatic carbocycles. The minimum atomic E-state index is -0.814. The largest absolute Gasteiger partial charge is 0.462 e. The van der Waals surface area contributed by atoms with Crippen LogP contribution >= 0.6 is 0 Å². The zero-order valence-electron chi connectivity index (χ0n) is 41.7. The van der Waals surface area contributed by atoms with Crippen LogP contribution in [0.25, 0.3) is 0 Å². The lowest BCUT2D eigenvalue weighted by atomic mass is 10.1. The maximum atomic E-state index is 12.8. The summed E-state index contributed by atoms with van der Waals surface area (Å²) in [6, 6.07) is 0. The molecule has 0 aromatic rings. The summed E-state index contributed by atoms with van der Waals surface area (Å²) in [5.41, 5.74) is 0. The van der Waals surface area contributed by atoms with Crippen LogP contribution in [0.3, 0.4) is 0 Å². The number of ether oxygens (including phenoxy) is 3. The normalized spacial score (nSPS) is 13.1. The van der Waals surface area contributed by atoms with Crippen LogP contribution in [0.2, 0.25) is 0 Å². The van der Waals surface area contributed by atoms with E-state index in [-0.39, 0.29) is 37.5 Å². The summed E-state index contributed by atoms with van der Waals surface area (Å²) in [4.78, 5) is 38.0. The van der Waals surface area contributed by atoms with E-state index in [1.54, 1.807) is 0 Å². The first-order valence-corrected chi connectivity index (χ1v) is 26.0. The Bertz CT molecular complexity index is 1400. The number of carbonyl (C=O) groups is 3. The highest BCUT2D eigenvalue weighted by atomic mass is 16.6. The Kier molecular flexibility index (Phi) is 49.1. The summed E-state index contributed by atoms with van der Waals surface area (Å²) in [6.45, 7) is 6.29. The average Bonchev–Trinajstić information content (AvgIpc) is 3.30. The van der Waals surface area contributed by atoms with Crippen LogP contribution in [0, 0.1) is 0 Å². The first kappa shape index (κ1) is 60.8. The van der Waals surface area contributed by atoms with Gasteiger partial charge in [-0.05, 0) is 122 Å². The van der Waals surface area contributed by atoms with E-state index in [9.17, 15) is 14.4 Å². The Labute approximate surface area is 399 Å². The van der Waals surface area contributed by atoms with Gasteiger partial charge in [-0.25, -0.2) is 0 Å². The SMILES string of the molecule is CC/C=C\C/C=C\C/C=C\C/C=C\C/C=C\CCCCCCCC(=O)OCC(COC(=O)CCCCCCC/C=C\CCCC)OC(=O)CCCC/C=C\C/C=C\C/C=C\C/C=C\CC. The quantitative estimate of drug-likeness (QED) is 0.0262. The molecular weight excluding hydrogens is 805 g/mol. The Morgan fingerprint density at radius 1 is 0.323 bits per heavy atom. The predicted octanol–water partition coefficient (Wildman–Crippen LogP) is 17.3. The molecule has 0 aromatic heterocycles. The molecule has 0 saturated carbocycles. The van der Waals surface area contributed by atoms with Crippen molar-refractivity contribution >= 4 is 17.9 Å². The van der Waals surface area contributed by atoms with Crippen LogP contribution in [-0.4, -0.2) is 37.2 Å². The van der Waals surface area contributed by atoms with Crippen molar-refractivity contribution in [1.82, 2.24) is 0 Å². The lowest BCUT2D eigenvalue weighted by Gasteiger charge is -2.18. The van der Waals surface area contributed by atoms with E-state index >= 15 is 0 Å². The molecule has 0 heterocycles. The van der Waals surface area contributed by atoms with Crippen molar-refractivity contribution in [2.45, 2.75) is 219 Å². The molecule has 65 heavy (non-hydrogen) atoms. The van der Waals surface area contributed by atoms with Crippen molar-refractivity contribution in [2.24, 2.45) is 0 Å². The Hall–Kier alpha value is -4.19. The molecule has 0 rings (SSSR count). The van der Waals surface area contributed by atoms with Gasteiger partial charge in [0.1, 0.15) is 13.2 Å². The minimum absolute atomic E-state index is 0.109. The molecule has 0 radical (unpaired) electrons. The van der Waals surface area contributed by atoms with E-state index < -0.39 is 6.10 Å². The second-order valence-electron chi connectivity index (χ2n) is 16.7. The molecule has 0 amide bonds. The van der Waals surface area contributed by atoms with Gasteiger partial charge >= 0.3 is 17.9 Å². The monoisotopic (exact) mass is 899 g/mol. The summed E-state index contributed by atoms with van der Waals surface area (Å²) in [5, 5.41) is 0. The molecule has 6 heteroatoms. The fourth-order valence-electron chi connectivity index (χ4n) is 6.56. The molecule has 366 valence electrons. The molecule has 0 bridgehead atoms. The zero-order chi connectivity index (χ0) is 47.2. The standard InChI is InChI=1S/C59H94O6/c1-4-7-10-13-16-19-22-24-26-27-28-29-30-31-33-34-37-40-43-46-49-52-58(61)64-55-56(54-63-57(60)51-48-45-42-39-36-21-18-15-12-9-6-3)65-59(62)53-50-47-44-41-38-35-32-25-23-20-17-14-11-8-5-2/h7-8,10-11,15-20,24-26,28-29,31-33,38,41,56H,4-6,9,12-14,21-23,27,30,34-37,39-40,42-55H2,1-3H3/b10-7-,11-8-,18-15-,19-16-,20-17-,26-24-,29-28-,32-25-,33-31-,41-38-. The molecule has 1 unspecified atom stereocenters. The Morgan fingerprint density at radius 2 is 0.600 bits per heavy atom. The molecular formula is C59H94O6. The third-order valence-electron chi connectivity index (χ3n) is 10.4. The van der Waals surface area contributed by atoms with Gasteiger partial charge < -0.3 is 14.2 Å². The molecule has 0 fully saturated rings. The van der Waals surface area contributed by atoms with E-state index in [2.05, 4.69) is 142 Å². The van der Waals surface area contributed by atoms with Gasteiger partial charge in [-0.2, -0.15) is 0 Å². The second-order valence-corrected chi connectivity index (χ2v) is 16.7. The molecule has 0 aliphatic heterocycles. The van der Waals surface area contributed by atoms with Crippen LogP contribution in [0.5, 0.6) is 0 Å². The van der Waals surface area contributed by atoms with Crippen molar-refractivity contribution in [3.63, 3.8) is 0 Å². The molecule has 1 atom stereocenters. The van der Waals surface area contributed by atoms with E-state index in [4.69, 9.17) is 14.2 Å². The third-order valence-corrected chi connectivity index (χ3v) is 10.4. The molecule has 0 spiro atoms. The zero-order valence-corrected chi connectivity index (χ0v) is 41.7. The highest BCUT2D eigenvalue weighted by Crippen LogP contribution is 2.12. The van der Waals surface area contributed by atoms with Gasteiger partial charge in [0.2, 0.25) is 0 Å². The minimum Gasteiger partial charge on any atom is -0.462 e. The summed E-state index contributed by atoms with van der Waals surface area (Å²) < 4.78 is 16.7. The fraction of sp³-hybridized carbons (Fsp3) is 0.610. The fourth-order valence-corrected chi connectivity index (χ4v) is 6.56. The first-order chi connectivity index (χ1) is 32.0. The summed E-state index contributed by atoms with van der Waals surface area (Å²) in [6.07, 6.45) is 71.8. The van der Waals surface area contributed by atoms with Crippen molar-refractivity contribution in [3.05, 3.63) is 122 Å². The maximum absolute atomic E-state index is 12.8. The molecule has 0 aliphatic rings. The number of esters is 3. The number of unbranched alkanes of at least 4 members (excludes halogenated alkanes) is 14. The molecule has 0 N–H and O–H groups in total.